The number of benzene rings is 2. The number of carbonyl (C=O) groups excluding carboxylic acids is 1. The third-order valence-corrected chi connectivity index (χ3v) is 5.64. The molecule has 3 aromatic rings. The first kappa shape index (κ1) is 19.6. The number of carbonyl (C=O) groups is 1. The first-order valence-corrected chi connectivity index (χ1v) is 10.1. The molecular weight excluding hydrogens is 404 g/mol. The average molecular weight is 422 g/mol. The Balaban J connectivity index is 1.61. The van der Waals surface area contributed by atoms with Crippen molar-refractivity contribution in [2.45, 2.75) is 23.9 Å². The molecule has 0 aliphatic carbocycles. The van der Waals surface area contributed by atoms with Gasteiger partial charge in [0.25, 0.3) is 5.69 Å². The number of fused-ring (bicyclic) bond motifs is 1. The molecule has 10 heteroatoms. The number of anilines is 1. The molecule has 30 heavy (non-hydrogen) atoms. The van der Waals surface area contributed by atoms with Gasteiger partial charge in [0, 0.05) is 23.6 Å². The fourth-order valence-electron chi connectivity index (χ4n) is 3.32. The molecule has 0 fully saturated rings. The number of primary amides is 1. The number of nitro groups is 1. The van der Waals surface area contributed by atoms with Crippen LogP contribution in [0.15, 0.2) is 71.0 Å². The van der Waals surface area contributed by atoms with Crippen molar-refractivity contribution in [3.63, 3.8) is 0 Å². The van der Waals surface area contributed by atoms with Crippen LogP contribution in [-0.4, -0.2) is 25.6 Å². The minimum atomic E-state index is -0.518. The Labute approximate surface area is 176 Å². The number of nitrogens with zero attached hydrogens (tertiary/aromatic N) is 4. The summed E-state index contributed by atoms with van der Waals surface area (Å²) in [6.45, 7) is 1.79. The summed E-state index contributed by atoms with van der Waals surface area (Å²) in [7, 11) is 0. The molecule has 0 spiro atoms. The summed E-state index contributed by atoms with van der Waals surface area (Å²) in [6, 6.07) is 15.4. The van der Waals surface area contributed by atoms with Crippen LogP contribution in [-0.2, 0) is 10.5 Å². The lowest BCUT2D eigenvalue weighted by molar-refractivity contribution is -0.384. The second-order valence-corrected chi connectivity index (χ2v) is 7.66. The molecule has 4 rings (SSSR count). The number of hydrogen-bond donors (Lipinski definition) is 2. The molecule has 9 nitrogen and oxygen atoms in total. The van der Waals surface area contributed by atoms with E-state index in [-0.39, 0.29) is 5.69 Å². The maximum Gasteiger partial charge on any atom is 0.269 e. The van der Waals surface area contributed by atoms with Crippen molar-refractivity contribution in [2.75, 3.05) is 5.32 Å². The number of amides is 1. The van der Waals surface area contributed by atoms with Gasteiger partial charge >= 0.3 is 0 Å². The molecule has 0 saturated carbocycles. The minimum absolute atomic E-state index is 0.0507. The Morgan fingerprint density at radius 1 is 1.23 bits per heavy atom. The van der Waals surface area contributed by atoms with E-state index in [1.54, 1.807) is 23.7 Å². The van der Waals surface area contributed by atoms with E-state index >= 15 is 0 Å². The number of nitrogens with two attached hydrogens (primary N) is 1. The molecule has 1 atom stereocenters. The van der Waals surface area contributed by atoms with Crippen LogP contribution in [0.25, 0.3) is 0 Å². The maximum atomic E-state index is 12.2. The summed E-state index contributed by atoms with van der Waals surface area (Å²) < 4.78 is 1.67. The lowest BCUT2D eigenvalue weighted by Crippen LogP contribution is -2.31. The van der Waals surface area contributed by atoms with Crippen molar-refractivity contribution in [3.8, 4) is 0 Å². The topological polar surface area (TPSA) is 129 Å². The highest BCUT2D eigenvalue weighted by atomic mass is 32.2. The number of aromatic nitrogens is 3. The van der Waals surface area contributed by atoms with E-state index in [0.29, 0.717) is 28.1 Å². The largest absolute Gasteiger partial charge is 0.366 e. The summed E-state index contributed by atoms with van der Waals surface area (Å²) >= 11 is 1.40. The van der Waals surface area contributed by atoms with Crippen LogP contribution in [0.5, 0.6) is 0 Å². The highest BCUT2D eigenvalue weighted by Crippen LogP contribution is 2.36. The molecule has 0 bridgehead atoms. The molecular formula is C20H18N6O3S. The number of rotatable bonds is 6. The second-order valence-electron chi connectivity index (χ2n) is 6.72. The van der Waals surface area contributed by atoms with Gasteiger partial charge in [-0.15, -0.1) is 5.10 Å². The Bertz CT molecular complexity index is 1140. The van der Waals surface area contributed by atoms with E-state index in [1.165, 1.54) is 23.9 Å². The first-order chi connectivity index (χ1) is 14.4. The third kappa shape index (κ3) is 3.77. The first-order valence-electron chi connectivity index (χ1n) is 9.09. The minimum Gasteiger partial charge on any atom is -0.366 e. The summed E-state index contributed by atoms with van der Waals surface area (Å²) in [5.74, 6) is 0.555. The van der Waals surface area contributed by atoms with Crippen molar-refractivity contribution < 1.29 is 9.72 Å². The fourth-order valence-corrected chi connectivity index (χ4v) is 4.10. The summed E-state index contributed by atoms with van der Waals surface area (Å²) in [6.07, 6.45) is 0. The quantitative estimate of drug-likeness (QED) is 0.354. The number of thioether (sulfide) groups is 1. The van der Waals surface area contributed by atoms with Crippen molar-refractivity contribution in [1.29, 1.82) is 0 Å². The van der Waals surface area contributed by atoms with Gasteiger partial charge in [-0.1, -0.05) is 54.2 Å². The van der Waals surface area contributed by atoms with Crippen LogP contribution in [0, 0.1) is 10.1 Å². The van der Waals surface area contributed by atoms with Gasteiger partial charge in [0.1, 0.15) is 6.04 Å². The number of nitro benzene ring substituents is 1. The zero-order valence-corrected chi connectivity index (χ0v) is 16.8. The summed E-state index contributed by atoms with van der Waals surface area (Å²) in [5.41, 5.74) is 8.59. The van der Waals surface area contributed by atoms with Gasteiger partial charge in [0.05, 0.1) is 10.5 Å². The zero-order chi connectivity index (χ0) is 21.3. The molecule has 1 aliphatic heterocycles. The lowest BCUT2D eigenvalue weighted by Gasteiger charge is -2.27. The highest BCUT2D eigenvalue weighted by Gasteiger charge is 2.33. The van der Waals surface area contributed by atoms with E-state index in [0.717, 1.165) is 11.1 Å². The Morgan fingerprint density at radius 3 is 2.57 bits per heavy atom. The monoisotopic (exact) mass is 422 g/mol. The Morgan fingerprint density at radius 2 is 1.93 bits per heavy atom. The van der Waals surface area contributed by atoms with E-state index in [1.807, 2.05) is 30.3 Å². The molecule has 0 saturated heterocycles. The van der Waals surface area contributed by atoms with E-state index in [4.69, 9.17) is 5.73 Å². The highest BCUT2D eigenvalue weighted by molar-refractivity contribution is 7.98. The molecule has 1 amide bonds. The maximum absolute atomic E-state index is 12.2. The van der Waals surface area contributed by atoms with Crippen molar-refractivity contribution in [1.82, 2.24) is 14.8 Å². The predicted octanol–water partition coefficient (Wildman–Crippen LogP) is 3.25. The van der Waals surface area contributed by atoms with Crippen LogP contribution in [0.1, 0.15) is 24.1 Å². The molecule has 0 radical (unpaired) electrons. The Hall–Kier alpha value is -3.66. The zero-order valence-electron chi connectivity index (χ0n) is 16.0. The van der Waals surface area contributed by atoms with Crippen LogP contribution < -0.4 is 11.1 Å². The van der Waals surface area contributed by atoms with E-state index in [9.17, 15) is 14.9 Å². The predicted molar refractivity (Wildman–Crippen MR) is 113 cm³/mol. The molecule has 2 heterocycles. The molecule has 1 unspecified atom stereocenters. The molecule has 1 aliphatic rings. The van der Waals surface area contributed by atoms with Gasteiger partial charge in [0.15, 0.2) is 0 Å². The summed E-state index contributed by atoms with van der Waals surface area (Å²) in [5, 5.41) is 19.0. The normalized spacial score (nSPS) is 15.4. The van der Waals surface area contributed by atoms with Gasteiger partial charge < -0.3 is 11.1 Å². The van der Waals surface area contributed by atoms with Crippen LogP contribution in [0.4, 0.5) is 11.6 Å². The number of hydrogen-bond acceptors (Lipinski definition) is 7. The smallest absolute Gasteiger partial charge is 0.269 e. The van der Waals surface area contributed by atoms with Crippen molar-refractivity contribution >= 4 is 29.3 Å². The lowest BCUT2D eigenvalue weighted by atomic mass is 9.95. The van der Waals surface area contributed by atoms with Crippen LogP contribution in [0.3, 0.4) is 0 Å². The van der Waals surface area contributed by atoms with Crippen LogP contribution in [0.2, 0.25) is 0 Å². The number of allylic oxidation sites excluding steroid dienone is 1. The second kappa shape index (κ2) is 7.99. The van der Waals surface area contributed by atoms with Gasteiger partial charge in [0.2, 0.25) is 17.0 Å². The fraction of sp³-hybridized carbons (Fsp3) is 0.150. The number of non-ortho nitro benzene ring substituents is 1. The SMILES string of the molecule is CC1=C(C(N)=O)C(c2ccccc2)n2nc(SCc3ccc([N+](=O)[O-])cc3)nc2N1. The van der Waals surface area contributed by atoms with Gasteiger partial charge in [-0.25, -0.2) is 4.68 Å². The standard InChI is InChI=1S/C20H18N6O3S/c1-12-16(18(21)27)17(14-5-3-2-4-6-14)25-19(22-12)23-20(24-25)30-11-13-7-9-15(10-8-13)26(28)29/h2-10,17H,11H2,1H3,(H2,21,27)(H,22,23,24). The average Bonchev–Trinajstić information content (AvgIpc) is 3.14. The number of nitrogens with one attached hydrogen (secondary N) is 1. The van der Waals surface area contributed by atoms with Gasteiger partial charge in [-0.2, -0.15) is 4.98 Å². The van der Waals surface area contributed by atoms with Crippen molar-refractivity contribution in [3.05, 3.63) is 87.1 Å². The van der Waals surface area contributed by atoms with E-state index in [2.05, 4.69) is 15.4 Å². The molecule has 3 N–H and O–H groups in total. The van der Waals surface area contributed by atoms with Crippen molar-refractivity contribution in [2.24, 2.45) is 5.73 Å². The molecule has 2 aromatic carbocycles. The molecule has 152 valence electrons. The Kier molecular flexibility index (Phi) is 5.23. The van der Waals surface area contributed by atoms with Gasteiger partial charge in [-0.05, 0) is 18.1 Å². The molecule has 1 aromatic heterocycles. The van der Waals surface area contributed by atoms with Crippen LogP contribution >= 0.6 is 11.8 Å². The van der Waals surface area contributed by atoms with E-state index < -0.39 is 16.9 Å². The third-order valence-electron chi connectivity index (χ3n) is 4.73. The summed E-state index contributed by atoms with van der Waals surface area (Å²) in [4.78, 5) is 27.1. The van der Waals surface area contributed by atoms with Gasteiger partial charge in [-0.3, -0.25) is 14.9 Å².